The zero-order chi connectivity index (χ0) is 23.1. The van der Waals surface area contributed by atoms with Crippen LogP contribution in [0.25, 0.3) is 0 Å². The van der Waals surface area contributed by atoms with Crippen molar-refractivity contribution in [3.63, 3.8) is 0 Å². The predicted molar refractivity (Wildman–Crippen MR) is 133 cm³/mol. The van der Waals surface area contributed by atoms with Gasteiger partial charge in [0.05, 0.1) is 17.4 Å². The van der Waals surface area contributed by atoms with Crippen molar-refractivity contribution in [1.82, 2.24) is 5.32 Å². The molecule has 5 heteroatoms. The number of hydrogen-bond donors (Lipinski definition) is 4. The number of fused-ring (bicyclic) bond motifs is 3. The van der Waals surface area contributed by atoms with E-state index in [1.165, 1.54) is 69.8 Å². The number of dihydropyridines is 1. The monoisotopic (exact) mass is 457 g/mol. The molecule has 3 heterocycles. The van der Waals surface area contributed by atoms with Gasteiger partial charge in [-0.3, -0.25) is 0 Å². The van der Waals surface area contributed by atoms with Gasteiger partial charge in [0.15, 0.2) is 0 Å². The Hall–Kier alpha value is -0.880. The maximum Gasteiger partial charge on any atom is 0.0934 e. The molecular formula is C28H47N3O2. The Bertz CT molecular complexity index is 762. The topological polar surface area (TPSA) is 93.5 Å². The highest BCUT2D eigenvalue weighted by Gasteiger charge is 2.65. The summed E-state index contributed by atoms with van der Waals surface area (Å²) >= 11 is 0. The lowest BCUT2D eigenvalue weighted by Gasteiger charge is -2.68. The highest BCUT2D eigenvalue weighted by molar-refractivity contribution is 5.24. The third-order valence-corrected chi connectivity index (χ3v) is 10.3. The van der Waals surface area contributed by atoms with Crippen molar-refractivity contribution in [3.05, 3.63) is 23.9 Å². The van der Waals surface area contributed by atoms with Crippen molar-refractivity contribution in [2.24, 2.45) is 35.1 Å². The van der Waals surface area contributed by atoms with Crippen LogP contribution in [0.3, 0.4) is 0 Å². The van der Waals surface area contributed by atoms with Gasteiger partial charge in [-0.25, -0.2) is 0 Å². The second kappa shape index (κ2) is 9.29. The molecule has 0 aromatic heterocycles. The summed E-state index contributed by atoms with van der Waals surface area (Å²) in [6.07, 6.45) is 23.1. The van der Waals surface area contributed by atoms with Crippen molar-refractivity contribution in [1.29, 1.82) is 0 Å². The van der Waals surface area contributed by atoms with E-state index in [0.29, 0.717) is 30.1 Å². The molecule has 186 valence electrons. The minimum absolute atomic E-state index is 0.0563. The number of ether oxygens (including phenoxy) is 1. The summed E-state index contributed by atoms with van der Waals surface area (Å²) in [6, 6.07) is 0. The summed E-state index contributed by atoms with van der Waals surface area (Å²) < 4.78 is 7.41. The molecule has 1 unspecified atom stereocenters. The molecule has 0 amide bonds. The number of rotatable bonds is 6. The van der Waals surface area contributed by atoms with Crippen LogP contribution in [0.1, 0.15) is 96.8 Å². The Morgan fingerprint density at radius 1 is 1.09 bits per heavy atom. The van der Waals surface area contributed by atoms with E-state index in [2.05, 4.69) is 30.6 Å². The van der Waals surface area contributed by atoms with Gasteiger partial charge in [0.25, 0.3) is 0 Å². The predicted octanol–water partition coefficient (Wildman–Crippen LogP) is 4.50. The van der Waals surface area contributed by atoms with Gasteiger partial charge in [-0.15, -0.1) is 0 Å². The Morgan fingerprint density at radius 2 is 1.88 bits per heavy atom. The second-order valence-corrected chi connectivity index (χ2v) is 12.4. The van der Waals surface area contributed by atoms with Crippen LogP contribution >= 0.6 is 0 Å². The van der Waals surface area contributed by atoms with E-state index in [4.69, 9.17) is 16.2 Å². The molecule has 6 aliphatic rings. The number of nitrogens with two attached hydrogens (primary N) is 2. The van der Waals surface area contributed by atoms with Crippen LogP contribution in [-0.2, 0) is 4.74 Å². The lowest BCUT2D eigenvalue weighted by atomic mass is 9.50. The Kier molecular flexibility index (Phi) is 6.71. The van der Waals surface area contributed by atoms with Crippen molar-refractivity contribution in [3.8, 4) is 0 Å². The first-order chi connectivity index (χ1) is 15.9. The van der Waals surface area contributed by atoms with Crippen LogP contribution in [0.4, 0.5) is 0 Å². The van der Waals surface area contributed by atoms with Crippen LogP contribution in [0.2, 0.25) is 0 Å². The fraction of sp³-hybridized carbons (Fsp3) is 0.857. The van der Waals surface area contributed by atoms with Crippen molar-refractivity contribution < 1.29 is 9.84 Å². The van der Waals surface area contributed by atoms with Crippen molar-refractivity contribution in [2.45, 2.75) is 120 Å². The minimum atomic E-state index is -0.293. The van der Waals surface area contributed by atoms with Crippen molar-refractivity contribution >= 4 is 0 Å². The first-order valence-electron chi connectivity index (χ1n) is 13.9. The van der Waals surface area contributed by atoms with Gasteiger partial charge in [0, 0.05) is 24.3 Å². The molecule has 0 aromatic carbocycles. The molecule has 7 atom stereocenters. The Morgan fingerprint density at radius 3 is 2.61 bits per heavy atom. The molecule has 0 spiro atoms. The maximum absolute atomic E-state index is 9.98. The summed E-state index contributed by atoms with van der Waals surface area (Å²) in [6.45, 7) is 2.60. The van der Waals surface area contributed by atoms with E-state index in [9.17, 15) is 5.11 Å². The highest BCUT2D eigenvalue weighted by atomic mass is 16.5. The first kappa shape index (κ1) is 23.8. The largest absolute Gasteiger partial charge is 0.396 e. The van der Waals surface area contributed by atoms with E-state index in [1.54, 1.807) is 0 Å². The van der Waals surface area contributed by atoms with E-state index in [0.717, 1.165) is 19.3 Å². The molecule has 3 saturated carbocycles. The van der Waals surface area contributed by atoms with Crippen LogP contribution in [0.15, 0.2) is 23.9 Å². The average molecular weight is 458 g/mol. The normalized spacial score (nSPS) is 46.1. The summed E-state index contributed by atoms with van der Waals surface area (Å²) in [4.78, 5) is 0. The number of aliphatic hydroxyl groups excluding tert-OH is 1. The van der Waals surface area contributed by atoms with Gasteiger partial charge in [0.1, 0.15) is 0 Å². The Labute approximate surface area is 200 Å². The van der Waals surface area contributed by atoms with Gasteiger partial charge in [-0.1, -0.05) is 38.2 Å². The SMILES string of the molecule is C[C@]1(C2CCCCC2)O[C@@]2([C@H]3CCC[C@H](CC4=CNC(N)C=C4)C3)CC[C@@H]1[C@](N)(CCO)C2. The third kappa shape index (κ3) is 4.44. The fourth-order valence-corrected chi connectivity index (χ4v) is 8.79. The molecule has 33 heavy (non-hydrogen) atoms. The molecule has 6 N–H and O–H groups in total. The molecule has 3 aliphatic heterocycles. The zero-order valence-electron chi connectivity index (χ0n) is 20.7. The van der Waals surface area contributed by atoms with E-state index in [1.807, 2.05) is 0 Å². The molecular weight excluding hydrogens is 410 g/mol. The van der Waals surface area contributed by atoms with Crippen LogP contribution in [-0.4, -0.2) is 34.6 Å². The van der Waals surface area contributed by atoms with Gasteiger partial charge in [0.2, 0.25) is 0 Å². The average Bonchev–Trinajstić information content (AvgIpc) is 2.81. The standard InChI is InChI=1S/C28H47N3O2/c1-26(22-7-3-2-4-8-22)24-12-13-28(33-26,19-27(24,30)14-15-32)23-9-5-6-20(17-23)16-21-10-11-25(29)31-18-21/h10-11,18,20,22-25,31-32H,2-9,12-17,19,29-30H2,1H3/t20-,23+,24+,25?,26-,27+,28+/m1/s1. The molecule has 2 saturated heterocycles. The van der Waals surface area contributed by atoms with Gasteiger partial charge in [-0.2, -0.15) is 0 Å². The highest BCUT2D eigenvalue weighted by Crippen LogP contribution is 2.62. The fourth-order valence-electron chi connectivity index (χ4n) is 8.79. The third-order valence-electron chi connectivity index (χ3n) is 10.3. The quantitative estimate of drug-likeness (QED) is 0.471. The lowest BCUT2D eigenvalue weighted by Crippen LogP contribution is -2.74. The second-order valence-electron chi connectivity index (χ2n) is 12.4. The van der Waals surface area contributed by atoms with E-state index >= 15 is 0 Å². The number of aliphatic hydroxyl groups is 1. The number of nitrogens with one attached hydrogen (secondary N) is 1. The van der Waals surface area contributed by atoms with Crippen LogP contribution < -0.4 is 16.8 Å². The minimum Gasteiger partial charge on any atom is -0.396 e. The van der Waals surface area contributed by atoms with Crippen LogP contribution in [0.5, 0.6) is 0 Å². The maximum atomic E-state index is 9.98. The van der Waals surface area contributed by atoms with Gasteiger partial charge in [-0.05, 0) is 94.1 Å². The smallest absolute Gasteiger partial charge is 0.0934 e. The van der Waals surface area contributed by atoms with E-state index < -0.39 is 0 Å². The van der Waals surface area contributed by atoms with Crippen molar-refractivity contribution in [2.75, 3.05) is 6.61 Å². The summed E-state index contributed by atoms with van der Waals surface area (Å²) in [5.41, 5.74) is 14.0. The molecule has 0 radical (unpaired) electrons. The molecule has 5 fully saturated rings. The van der Waals surface area contributed by atoms with Crippen LogP contribution in [0, 0.1) is 23.7 Å². The molecule has 5 nitrogen and oxygen atoms in total. The first-order valence-corrected chi connectivity index (χ1v) is 13.9. The number of allylic oxidation sites excluding steroid dienone is 2. The molecule has 0 aromatic rings. The summed E-state index contributed by atoms with van der Waals surface area (Å²) in [5, 5.41) is 13.2. The summed E-state index contributed by atoms with van der Waals surface area (Å²) in [7, 11) is 0. The molecule has 3 aliphatic carbocycles. The Balaban J connectivity index is 1.38. The zero-order valence-corrected chi connectivity index (χ0v) is 20.7. The number of hydrogen-bond acceptors (Lipinski definition) is 5. The molecule has 2 bridgehead atoms. The summed E-state index contributed by atoms with van der Waals surface area (Å²) in [5.74, 6) is 2.25. The van der Waals surface area contributed by atoms with E-state index in [-0.39, 0.29) is 29.5 Å². The van der Waals surface area contributed by atoms with Gasteiger partial charge >= 0.3 is 0 Å². The molecule has 6 rings (SSSR count). The van der Waals surface area contributed by atoms with Gasteiger partial charge < -0.3 is 26.6 Å². The lowest BCUT2D eigenvalue weighted by molar-refractivity contribution is -0.312.